The van der Waals surface area contributed by atoms with Gasteiger partial charge in [0.05, 0.1) is 6.61 Å². The molecule has 0 aromatic heterocycles. The highest BCUT2D eigenvalue weighted by Gasteiger charge is 2.12. The number of halogens is 1. The van der Waals surface area contributed by atoms with E-state index in [4.69, 9.17) is 14.2 Å². The van der Waals surface area contributed by atoms with Crippen LogP contribution < -0.4 is 0 Å². The van der Waals surface area contributed by atoms with Crippen LogP contribution in [0.3, 0.4) is 0 Å². The van der Waals surface area contributed by atoms with Gasteiger partial charge in [-0.1, -0.05) is 46.3 Å². The van der Waals surface area contributed by atoms with Gasteiger partial charge >= 0.3 is 5.97 Å². The Hall–Kier alpha value is -1.17. The lowest BCUT2D eigenvalue weighted by Crippen LogP contribution is -2.22. The molecule has 1 aromatic carbocycles. The first-order chi connectivity index (χ1) is 11.2. The summed E-state index contributed by atoms with van der Waals surface area (Å²) in [6.45, 7) is 3.07. The summed E-state index contributed by atoms with van der Waals surface area (Å²) in [5.74, 6) is -0.274. The van der Waals surface area contributed by atoms with Crippen LogP contribution in [0.4, 0.5) is 0 Å². The molecular weight excluding hydrogens is 360 g/mol. The Bertz CT molecular complexity index is 536. The first-order valence-electron chi connectivity index (χ1n) is 7.94. The van der Waals surface area contributed by atoms with Crippen LogP contribution in [0.2, 0.25) is 0 Å². The molecule has 1 heterocycles. The summed E-state index contributed by atoms with van der Waals surface area (Å²) in [6.07, 6.45) is 8.14. The van der Waals surface area contributed by atoms with Crippen molar-refractivity contribution in [1.29, 1.82) is 0 Å². The van der Waals surface area contributed by atoms with Crippen molar-refractivity contribution in [2.75, 3.05) is 13.2 Å². The van der Waals surface area contributed by atoms with Gasteiger partial charge in [-0.25, -0.2) is 0 Å². The van der Waals surface area contributed by atoms with E-state index in [0.717, 1.165) is 41.5 Å². The Morgan fingerprint density at radius 2 is 2.17 bits per heavy atom. The minimum Gasteiger partial charge on any atom is -0.461 e. The highest BCUT2D eigenvalue weighted by molar-refractivity contribution is 9.10. The molecule has 126 valence electrons. The average molecular weight is 383 g/mol. The number of hydrogen-bond donors (Lipinski definition) is 0. The molecule has 0 aliphatic carbocycles. The van der Waals surface area contributed by atoms with Crippen LogP contribution in [0.1, 0.15) is 37.3 Å². The fourth-order valence-corrected chi connectivity index (χ4v) is 2.91. The zero-order valence-corrected chi connectivity index (χ0v) is 15.0. The molecule has 1 aliphatic heterocycles. The van der Waals surface area contributed by atoms with Gasteiger partial charge in [0.2, 0.25) is 0 Å². The smallest absolute Gasteiger partial charge is 0.302 e. The van der Waals surface area contributed by atoms with E-state index in [-0.39, 0.29) is 18.9 Å². The van der Waals surface area contributed by atoms with E-state index >= 15 is 0 Å². The molecule has 0 saturated carbocycles. The molecule has 4 nitrogen and oxygen atoms in total. The first kappa shape index (κ1) is 18.2. The number of esters is 1. The molecule has 1 fully saturated rings. The lowest BCUT2D eigenvalue weighted by molar-refractivity contribution is -0.155. The summed E-state index contributed by atoms with van der Waals surface area (Å²) < 4.78 is 17.2. The zero-order chi connectivity index (χ0) is 16.5. The summed E-state index contributed by atoms with van der Waals surface area (Å²) in [6, 6.07) is 5.97. The number of benzene rings is 1. The van der Waals surface area contributed by atoms with Crippen molar-refractivity contribution in [3.05, 3.63) is 46.0 Å². The van der Waals surface area contributed by atoms with Gasteiger partial charge in [-0.3, -0.25) is 4.79 Å². The summed E-state index contributed by atoms with van der Waals surface area (Å²) >= 11 is 3.59. The standard InChI is InChI=1S/C18H23BrO4/c1-14(20)23-13-16-9-6-8-15(18(16)19)7-2-4-11-21-17-10-3-5-12-22-17/h2,4,6,8-9,17H,3,5,7,10-13H2,1H3/b4-2+. The Morgan fingerprint density at radius 1 is 1.35 bits per heavy atom. The third-order valence-electron chi connectivity index (χ3n) is 3.61. The van der Waals surface area contributed by atoms with Crippen LogP contribution in [0.5, 0.6) is 0 Å². The van der Waals surface area contributed by atoms with E-state index in [0.29, 0.717) is 6.61 Å². The van der Waals surface area contributed by atoms with Crippen molar-refractivity contribution in [2.24, 2.45) is 0 Å². The van der Waals surface area contributed by atoms with Crippen molar-refractivity contribution in [2.45, 2.75) is 45.5 Å². The average Bonchev–Trinajstić information content (AvgIpc) is 2.55. The Morgan fingerprint density at radius 3 is 2.91 bits per heavy atom. The summed E-state index contributed by atoms with van der Waals surface area (Å²) in [5, 5.41) is 0. The maximum Gasteiger partial charge on any atom is 0.302 e. The van der Waals surface area contributed by atoms with E-state index in [1.807, 2.05) is 18.2 Å². The predicted molar refractivity (Wildman–Crippen MR) is 92.0 cm³/mol. The van der Waals surface area contributed by atoms with Gasteiger partial charge in [-0.15, -0.1) is 0 Å². The molecule has 0 spiro atoms. The second kappa shape index (κ2) is 9.85. The molecule has 1 atom stereocenters. The minimum atomic E-state index is -0.274. The molecule has 0 radical (unpaired) electrons. The van der Waals surface area contributed by atoms with Crippen molar-refractivity contribution in [3.8, 4) is 0 Å². The van der Waals surface area contributed by atoms with E-state index in [2.05, 4.69) is 28.1 Å². The summed E-state index contributed by atoms with van der Waals surface area (Å²) in [4.78, 5) is 10.9. The maximum atomic E-state index is 10.9. The van der Waals surface area contributed by atoms with Crippen LogP contribution in [0.25, 0.3) is 0 Å². The minimum absolute atomic E-state index is 0.0489. The molecule has 23 heavy (non-hydrogen) atoms. The number of allylic oxidation sites excluding steroid dienone is 1. The maximum absolute atomic E-state index is 10.9. The van der Waals surface area contributed by atoms with Crippen molar-refractivity contribution >= 4 is 21.9 Å². The number of hydrogen-bond acceptors (Lipinski definition) is 4. The Labute approximate surface area is 145 Å². The molecular formula is C18H23BrO4. The molecule has 1 aromatic rings. The SMILES string of the molecule is CC(=O)OCc1cccc(C/C=C/COC2CCCCO2)c1Br. The van der Waals surface area contributed by atoms with Gasteiger partial charge in [0.15, 0.2) is 6.29 Å². The lowest BCUT2D eigenvalue weighted by Gasteiger charge is -2.21. The quantitative estimate of drug-likeness (QED) is 0.524. The number of carbonyl (C=O) groups is 1. The summed E-state index contributed by atoms with van der Waals surface area (Å²) in [5.41, 5.74) is 2.12. The molecule has 0 N–H and O–H groups in total. The van der Waals surface area contributed by atoms with Gasteiger partial charge in [0.1, 0.15) is 6.61 Å². The fourth-order valence-electron chi connectivity index (χ4n) is 2.37. The van der Waals surface area contributed by atoms with Gasteiger partial charge in [0, 0.05) is 23.6 Å². The third kappa shape index (κ3) is 6.45. The zero-order valence-electron chi connectivity index (χ0n) is 13.4. The molecule has 2 rings (SSSR count). The van der Waals surface area contributed by atoms with Crippen molar-refractivity contribution in [1.82, 2.24) is 0 Å². The third-order valence-corrected chi connectivity index (χ3v) is 4.63. The van der Waals surface area contributed by atoms with Crippen molar-refractivity contribution < 1.29 is 19.0 Å². The van der Waals surface area contributed by atoms with Gasteiger partial charge in [0.25, 0.3) is 0 Å². The topological polar surface area (TPSA) is 44.8 Å². The lowest BCUT2D eigenvalue weighted by atomic mass is 10.1. The van der Waals surface area contributed by atoms with Gasteiger partial charge in [-0.2, -0.15) is 0 Å². The molecule has 1 aliphatic rings. The normalized spacial score (nSPS) is 18.3. The fraction of sp³-hybridized carbons (Fsp3) is 0.500. The highest BCUT2D eigenvalue weighted by Crippen LogP contribution is 2.23. The number of carbonyl (C=O) groups excluding carboxylic acids is 1. The largest absolute Gasteiger partial charge is 0.461 e. The second-order valence-corrected chi connectivity index (χ2v) is 6.27. The van der Waals surface area contributed by atoms with Crippen LogP contribution in [-0.4, -0.2) is 25.5 Å². The van der Waals surface area contributed by atoms with Crippen LogP contribution >= 0.6 is 15.9 Å². The van der Waals surface area contributed by atoms with E-state index < -0.39 is 0 Å². The number of ether oxygens (including phenoxy) is 3. The molecule has 5 heteroatoms. The Kier molecular flexibility index (Phi) is 7.79. The van der Waals surface area contributed by atoms with E-state index in [1.54, 1.807) is 0 Å². The molecule has 0 amide bonds. The highest BCUT2D eigenvalue weighted by atomic mass is 79.9. The van der Waals surface area contributed by atoms with Gasteiger partial charge < -0.3 is 14.2 Å². The molecule has 0 bridgehead atoms. The number of rotatable bonds is 7. The first-order valence-corrected chi connectivity index (χ1v) is 8.74. The van der Waals surface area contributed by atoms with Crippen LogP contribution in [0.15, 0.2) is 34.8 Å². The monoisotopic (exact) mass is 382 g/mol. The molecule has 1 unspecified atom stereocenters. The van der Waals surface area contributed by atoms with E-state index in [1.165, 1.54) is 13.3 Å². The van der Waals surface area contributed by atoms with Crippen molar-refractivity contribution in [3.63, 3.8) is 0 Å². The molecule has 1 saturated heterocycles. The Balaban J connectivity index is 1.79. The van der Waals surface area contributed by atoms with E-state index in [9.17, 15) is 4.79 Å². The summed E-state index contributed by atoms with van der Waals surface area (Å²) in [7, 11) is 0. The van der Waals surface area contributed by atoms with Crippen LogP contribution in [-0.2, 0) is 32.0 Å². The predicted octanol–water partition coefficient (Wildman–Crippen LogP) is 4.15. The van der Waals surface area contributed by atoms with Gasteiger partial charge in [-0.05, 0) is 31.2 Å². The van der Waals surface area contributed by atoms with Crippen LogP contribution in [0, 0.1) is 0 Å². The second-order valence-electron chi connectivity index (χ2n) is 5.48.